The molecule has 10 nitrogen and oxygen atoms in total. The third kappa shape index (κ3) is 5.52. The molecule has 0 radical (unpaired) electrons. The van der Waals surface area contributed by atoms with E-state index >= 15 is 0 Å². The molecule has 0 spiro atoms. The first-order valence-corrected chi connectivity index (χ1v) is 18.6. The number of aromatic nitrogens is 2. The molecule has 6 rings (SSSR count). The number of hydrogen-bond acceptors (Lipinski definition) is 7. The highest BCUT2D eigenvalue weighted by Gasteiger charge is 2.50. The van der Waals surface area contributed by atoms with E-state index in [0.717, 1.165) is 40.2 Å². The molecular weight excluding hydrogens is 588 g/mol. The van der Waals surface area contributed by atoms with Crippen molar-refractivity contribution >= 4 is 42.6 Å². The number of para-hydroxylation sites is 2. The SMILES string of the molecule is CC[C@@]1(OC(C)=O)C(=O)OCc2c1cc1n(c2=O)Cc2c-1nc1ccccc1c2CC[Si](C)(C)CNC(=O)Nc1ccccc1. The fourth-order valence-corrected chi connectivity index (χ4v) is 8.11. The highest BCUT2D eigenvalue weighted by atomic mass is 28.3. The second-order valence-electron chi connectivity index (χ2n) is 12.4. The second-order valence-corrected chi connectivity index (χ2v) is 17.6. The number of pyridine rings is 2. The largest absolute Gasteiger partial charge is 0.457 e. The number of cyclic esters (lactones) is 1. The minimum Gasteiger partial charge on any atom is -0.457 e. The Bertz CT molecular complexity index is 1900. The number of carbonyl (C=O) groups is 3. The number of esters is 2. The van der Waals surface area contributed by atoms with E-state index < -0.39 is 25.6 Å². The van der Waals surface area contributed by atoms with Crippen molar-refractivity contribution in [2.24, 2.45) is 0 Å². The molecule has 0 saturated carbocycles. The van der Waals surface area contributed by atoms with Gasteiger partial charge in [0.1, 0.15) is 6.61 Å². The first-order chi connectivity index (χ1) is 21.5. The number of hydrogen-bond donors (Lipinski definition) is 2. The topological polar surface area (TPSA) is 129 Å². The van der Waals surface area contributed by atoms with E-state index in [-0.39, 0.29) is 24.6 Å². The van der Waals surface area contributed by atoms with Gasteiger partial charge in [0.15, 0.2) is 0 Å². The van der Waals surface area contributed by atoms with Gasteiger partial charge in [0.05, 0.1) is 37.1 Å². The quantitative estimate of drug-likeness (QED) is 0.178. The summed E-state index contributed by atoms with van der Waals surface area (Å²) in [5.41, 5.74) is 3.64. The van der Waals surface area contributed by atoms with Crippen LogP contribution in [0.4, 0.5) is 10.5 Å². The van der Waals surface area contributed by atoms with Crippen molar-refractivity contribution in [3.8, 4) is 11.4 Å². The first kappa shape index (κ1) is 30.3. The number of aryl methyl sites for hydroxylation is 1. The third-order valence-corrected chi connectivity index (χ3v) is 11.5. The highest BCUT2D eigenvalue weighted by Crippen LogP contribution is 2.42. The van der Waals surface area contributed by atoms with Crippen molar-refractivity contribution in [2.45, 2.75) is 64.6 Å². The van der Waals surface area contributed by atoms with Crippen molar-refractivity contribution in [3.05, 3.63) is 93.3 Å². The lowest BCUT2D eigenvalue weighted by Crippen LogP contribution is -2.47. The summed E-state index contributed by atoms with van der Waals surface area (Å²) in [5, 5.41) is 6.97. The number of nitrogens with zero attached hydrogens (tertiary/aromatic N) is 2. The molecule has 2 aromatic carbocycles. The predicted octanol–water partition coefficient (Wildman–Crippen LogP) is 5.26. The summed E-state index contributed by atoms with van der Waals surface area (Å²) in [6.07, 6.45) is 1.48. The van der Waals surface area contributed by atoms with Gasteiger partial charge in [0.25, 0.3) is 5.56 Å². The van der Waals surface area contributed by atoms with Crippen molar-refractivity contribution in [2.75, 3.05) is 11.5 Å². The normalized spacial score (nSPS) is 16.8. The number of anilines is 1. The molecule has 0 unspecified atom stereocenters. The highest BCUT2D eigenvalue weighted by molar-refractivity contribution is 6.77. The van der Waals surface area contributed by atoms with Gasteiger partial charge in [-0.15, -0.1) is 0 Å². The van der Waals surface area contributed by atoms with Crippen LogP contribution in [0.25, 0.3) is 22.3 Å². The summed E-state index contributed by atoms with van der Waals surface area (Å²) in [6, 6.07) is 19.8. The number of rotatable bonds is 8. The molecule has 1 atom stereocenters. The second kappa shape index (κ2) is 11.6. The minimum atomic E-state index is -1.91. The Hall–Kier alpha value is -4.77. The summed E-state index contributed by atoms with van der Waals surface area (Å²) >= 11 is 0. The number of ether oxygens (including phenoxy) is 2. The van der Waals surface area contributed by atoms with Crippen molar-refractivity contribution in [1.82, 2.24) is 14.9 Å². The average Bonchev–Trinajstić information content (AvgIpc) is 3.39. The Kier molecular flexibility index (Phi) is 7.82. The summed E-state index contributed by atoms with van der Waals surface area (Å²) in [5.74, 6) is -1.31. The van der Waals surface area contributed by atoms with E-state index in [4.69, 9.17) is 14.5 Å². The minimum absolute atomic E-state index is 0.127. The molecule has 2 amide bonds. The molecule has 2 aliphatic rings. The molecule has 2 aromatic heterocycles. The lowest BCUT2D eigenvalue weighted by Gasteiger charge is -2.35. The Morgan fingerprint density at radius 1 is 1.07 bits per heavy atom. The van der Waals surface area contributed by atoms with Gasteiger partial charge < -0.3 is 24.7 Å². The van der Waals surface area contributed by atoms with Gasteiger partial charge in [0, 0.05) is 35.3 Å². The molecule has 0 aliphatic carbocycles. The molecule has 45 heavy (non-hydrogen) atoms. The van der Waals surface area contributed by atoms with E-state index in [2.05, 4.69) is 29.8 Å². The number of fused-ring (bicyclic) bond motifs is 5. The van der Waals surface area contributed by atoms with Crippen LogP contribution in [0.3, 0.4) is 0 Å². The molecule has 2 N–H and O–H groups in total. The lowest BCUT2D eigenvalue weighted by atomic mass is 9.85. The number of benzene rings is 2. The van der Waals surface area contributed by atoms with Gasteiger partial charge >= 0.3 is 18.0 Å². The van der Waals surface area contributed by atoms with Crippen LogP contribution < -0.4 is 16.2 Å². The van der Waals surface area contributed by atoms with Crippen LogP contribution in [-0.2, 0) is 44.2 Å². The molecular formula is C34H36N4O6Si. The van der Waals surface area contributed by atoms with Gasteiger partial charge in [-0.1, -0.05) is 62.5 Å². The van der Waals surface area contributed by atoms with Crippen molar-refractivity contribution in [1.29, 1.82) is 0 Å². The van der Waals surface area contributed by atoms with E-state index in [0.29, 0.717) is 35.2 Å². The Morgan fingerprint density at radius 3 is 2.53 bits per heavy atom. The van der Waals surface area contributed by atoms with Crippen molar-refractivity contribution in [3.63, 3.8) is 0 Å². The maximum Gasteiger partial charge on any atom is 0.355 e. The van der Waals surface area contributed by atoms with Crippen LogP contribution in [0.15, 0.2) is 65.5 Å². The molecule has 4 heterocycles. The summed E-state index contributed by atoms with van der Waals surface area (Å²) in [4.78, 5) is 56.7. The summed E-state index contributed by atoms with van der Waals surface area (Å²) in [7, 11) is -1.91. The fourth-order valence-electron chi connectivity index (χ4n) is 6.37. The Labute approximate surface area is 261 Å². The van der Waals surface area contributed by atoms with Crippen LogP contribution in [0, 0.1) is 0 Å². The number of nitrogens with one attached hydrogen (secondary N) is 2. The Balaban J connectivity index is 1.34. The van der Waals surface area contributed by atoms with Gasteiger partial charge in [-0.3, -0.25) is 9.59 Å². The van der Waals surface area contributed by atoms with E-state index in [1.165, 1.54) is 6.92 Å². The van der Waals surface area contributed by atoms with Crippen LogP contribution in [0.5, 0.6) is 0 Å². The molecule has 0 bridgehead atoms. The maximum absolute atomic E-state index is 13.9. The molecule has 2 aliphatic heterocycles. The maximum atomic E-state index is 13.9. The molecule has 11 heteroatoms. The zero-order valence-corrected chi connectivity index (χ0v) is 26.9. The van der Waals surface area contributed by atoms with Gasteiger partial charge in [-0.2, -0.15) is 0 Å². The summed E-state index contributed by atoms with van der Waals surface area (Å²) in [6.45, 7) is 7.63. The number of carbonyl (C=O) groups excluding carboxylic acids is 3. The number of urea groups is 1. The standard InChI is InChI=1S/C34H36N4O6Si/c1-5-34(44-21(2)39)27-17-29-30-25(18-38(29)31(40)26(27)19-43-32(34)41)23(24-13-9-10-14-28(24)37-30)15-16-45(3,4)20-35-33(42)36-22-11-7-6-8-12-22/h6-14,17H,5,15-16,18-20H2,1-4H3,(H2,35,36,42)/t34-/m0/s1. The molecule has 232 valence electrons. The van der Waals surface area contributed by atoms with E-state index in [9.17, 15) is 19.2 Å². The fraction of sp³-hybridized carbons (Fsp3) is 0.324. The van der Waals surface area contributed by atoms with E-state index in [1.54, 1.807) is 17.6 Å². The Morgan fingerprint density at radius 2 is 1.80 bits per heavy atom. The average molecular weight is 625 g/mol. The predicted molar refractivity (Wildman–Crippen MR) is 174 cm³/mol. The third-order valence-electron chi connectivity index (χ3n) is 8.81. The van der Waals surface area contributed by atoms with Crippen LogP contribution in [0.2, 0.25) is 19.1 Å². The molecule has 4 aromatic rings. The molecule has 0 fully saturated rings. The molecule has 0 saturated heterocycles. The lowest BCUT2D eigenvalue weighted by molar-refractivity contribution is -0.188. The van der Waals surface area contributed by atoms with Gasteiger partial charge in [0.2, 0.25) is 5.60 Å². The monoisotopic (exact) mass is 624 g/mol. The van der Waals surface area contributed by atoms with Crippen LogP contribution in [-0.4, -0.2) is 41.8 Å². The van der Waals surface area contributed by atoms with E-state index in [1.807, 2.05) is 48.5 Å². The smallest absolute Gasteiger partial charge is 0.355 e. The van der Waals surface area contributed by atoms with Crippen molar-refractivity contribution < 1.29 is 23.9 Å². The van der Waals surface area contributed by atoms with Gasteiger partial charge in [-0.05, 0) is 42.7 Å². The summed E-state index contributed by atoms with van der Waals surface area (Å²) < 4.78 is 12.7. The zero-order chi connectivity index (χ0) is 31.9. The van der Waals surface area contributed by atoms with Crippen LogP contribution in [0.1, 0.15) is 42.5 Å². The number of amides is 2. The van der Waals surface area contributed by atoms with Gasteiger partial charge in [-0.25, -0.2) is 14.6 Å². The first-order valence-electron chi connectivity index (χ1n) is 15.2. The zero-order valence-electron chi connectivity index (χ0n) is 25.9. The van der Waals surface area contributed by atoms with Crippen LogP contribution >= 0.6 is 0 Å².